The first-order chi connectivity index (χ1) is 6.75. The minimum absolute atomic E-state index is 0.137. The van der Waals surface area contributed by atoms with Crippen molar-refractivity contribution in [1.29, 1.82) is 5.41 Å². The molecule has 0 bridgehead atoms. The Morgan fingerprint density at radius 1 is 1.43 bits per heavy atom. The lowest BCUT2D eigenvalue weighted by atomic mass is 10.3. The third-order valence-electron chi connectivity index (χ3n) is 1.55. The summed E-state index contributed by atoms with van der Waals surface area (Å²) in [5, 5.41) is 14.0. The van der Waals surface area contributed by atoms with Crippen LogP contribution in [0.25, 0.3) is 0 Å². The first-order valence-corrected chi connectivity index (χ1v) is 4.25. The van der Waals surface area contributed by atoms with Gasteiger partial charge in [0.25, 0.3) is 5.88 Å². The van der Waals surface area contributed by atoms with E-state index in [1.54, 1.807) is 0 Å². The predicted octanol–water partition coefficient (Wildman–Crippen LogP) is -0.529. The van der Waals surface area contributed by atoms with Gasteiger partial charge in [0.2, 0.25) is 5.69 Å². The number of ether oxygens (including phenoxy) is 1. The maximum atomic E-state index is 7.12. The third kappa shape index (κ3) is 2.70. The average molecular weight is 199 g/mol. The lowest BCUT2D eigenvalue weighted by molar-refractivity contribution is 0.252. The monoisotopic (exact) mass is 199 g/mol. The van der Waals surface area contributed by atoms with Crippen molar-refractivity contribution >= 4 is 5.84 Å². The van der Waals surface area contributed by atoms with E-state index < -0.39 is 0 Å². The number of hydrogen-bond donors (Lipinski definition) is 3. The van der Waals surface area contributed by atoms with Gasteiger partial charge in [-0.1, -0.05) is 0 Å². The molecule has 0 aliphatic heterocycles. The van der Waals surface area contributed by atoms with Gasteiger partial charge < -0.3 is 16.2 Å². The molecule has 0 unspecified atom stereocenters. The molecule has 0 aliphatic rings. The molecule has 1 rings (SSSR count). The van der Waals surface area contributed by atoms with Crippen LogP contribution in [0, 0.1) is 5.41 Å². The second-order valence-electron chi connectivity index (χ2n) is 2.68. The van der Waals surface area contributed by atoms with Crippen LogP contribution in [0.3, 0.4) is 0 Å². The smallest absolute Gasteiger partial charge is 0.287 e. The summed E-state index contributed by atoms with van der Waals surface area (Å²) in [5.41, 5.74) is 10.7. The number of hydrogen-bond acceptors (Lipinski definition) is 6. The van der Waals surface area contributed by atoms with E-state index in [0.717, 1.165) is 12.8 Å². The van der Waals surface area contributed by atoms with Crippen LogP contribution in [0.5, 0.6) is 5.88 Å². The van der Waals surface area contributed by atoms with Gasteiger partial charge in [-0.25, -0.2) is 4.63 Å². The summed E-state index contributed by atoms with van der Waals surface area (Å²) in [6.45, 7) is 1.09. The number of amidine groups is 1. The summed E-state index contributed by atoms with van der Waals surface area (Å²) >= 11 is 0. The highest BCUT2D eigenvalue weighted by Crippen LogP contribution is 2.11. The van der Waals surface area contributed by atoms with E-state index in [1.807, 2.05) is 0 Å². The highest BCUT2D eigenvalue weighted by atomic mass is 16.6. The molecule has 0 saturated heterocycles. The Labute approximate surface area is 80.9 Å². The van der Waals surface area contributed by atoms with E-state index >= 15 is 0 Å². The van der Waals surface area contributed by atoms with Crippen molar-refractivity contribution < 1.29 is 9.37 Å². The second-order valence-corrected chi connectivity index (χ2v) is 2.68. The topological polar surface area (TPSA) is 124 Å². The molecule has 1 heterocycles. The van der Waals surface area contributed by atoms with E-state index in [1.165, 1.54) is 0 Å². The molecule has 0 aromatic carbocycles. The molecular formula is C7H13N5O2. The molecule has 0 radical (unpaired) electrons. The van der Waals surface area contributed by atoms with Crippen LogP contribution in [-0.2, 0) is 0 Å². The van der Waals surface area contributed by atoms with Crippen molar-refractivity contribution in [3.63, 3.8) is 0 Å². The SMILES string of the molecule is N=C(N)c1nonc1OCCCCN. The van der Waals surface area contributed by atoms with Crippen LogP contribution in [0.1, 0.15) is 18.5 Å². The average Bonchev–Trinajstić information content (AvgIpc) is 2.60. The van der Waals surface area contributed by atoms with Crippen molar-refractivity contribution in [3.05, 3.63) is 5.69 Å². The summed E-state index contributed by atoms with van der Waals surface area (Å²) in [7, 11) is 0. The van der Waals surface area contributed by atoms with E-state index in [-0.39, 0.29) is 17.4 Å². The number of nitrogens with zero attached hydrogens (tertiary/aromatic N) is 2. The van der Waals surface area contributed by atoms with Crippen molar-refractivity contribution in [2.24, 2.45) is 11.5 Å². The molecule has 7 nitrogen and oxygen atoms in total. The Kier molecular flexibility index (Phi) is 3.86. The number of nitrogens with one attached hydrogen (secondary N) is 1. The van der Waals surface area contributed by atoms with Gasteiger partial charge in [-0.3, -0.25) is 5.41 Å². The third-order valence-corrected chi connectivity index (χ3v) is 1.55. The quantitative estimate of drug-likeness (QED) is 0.321. The lowest BCUT2D eigenvalue weighted by Crippen LogP contribution is -2.14. The second kappa shape index (κ2) is 5.18. The fraction of sp³-hybridized carbons (Fsp3) is 0.571. The zero-order valence-electron chi connectivity index (χ0n) is 7.69. The number of aromatic nitrogens is 2. The van der Waals surface area contributed by atoms with Gasteiger partial charge in [-0.05, 0) is 29.7 Å². The largest absolute Gasteiger partial charge is 0.474 e. The van der Waals surface area contributed by atoms with Crippen molar-refractivity contribution in [2.75, 3.05) is 13.2 Å². The Bertz CT molecular complexity index is 298. The Morgan fingerprint density at radius 3 is 2.86 bits per heavy atom. The number of rotatable bonds is 6. The Morgan fingerprint density at radius 2 is 2.21 bits per heavy atom. The van der Waals surface area contributed by atoms with Crippen molar-refractivity contribution in [2.45, 2.75) is 12.8 Å². The number of nitrogens with two attached hydrogens (primary N) is 2. The Balaban J connectivity index is 2.42. The molecule has 0 spiro atoms. The molecule has 0 aliphatic carbocycles. The van der Waals surface area contributed by atoms with E-state index in [9.17, 15) is 0 Å². The van der Waals surface area contributed by atoms with Gasteiger partial charge in [-0.15, -0.1) is 0 Å². The Hall–Kier alpha value is -1.63. The van der Waals surface area contributed by atoms with Crippen LogP contribution in [-0.4, -0.2) is 29.3 Å². The molecule has 78 valence electrons. The molecule has 0 atom stereocenters. The fourth-order valence-electron chi connectivity index (χ4n) is 0.855. The van der Waals surface area contributed by atoms with Crippen LogP contribution in [0.4, 0.5) is 0 Å². The summed E-state index contributed by atoms with van der Waals surface area (Å²) in [6.07, 6.45) is 1.70. The first-order valence-electron chi connectivity index (χ1n) is 4.25. The van der Waals surface area contributed by atoms with Crippen LogP contribution >= 0.6 is 0 Å². The van der Waals surface area contributed by atoms with Crippen LogP contribution in [0.15, 0.2) is 4.63 Å². The highest BCUT2D eigenvalue weighted by molar-refractivity contribution is 5.94. The number of nitrogen functional groups attached to an aromatic ring is 1. The summed E-state index contributed by atoms with van der Waals surface area (Å²) < 4.78 is 9.59. The predicted molar refractivity (Wildman–Crippen MR) is 49.1 cm³/mol. The minimum Gasteiger partial charge on any atom is -0.474 e. The van der Waals surface area contributed by atoms with E-state index in [2.05, 4.69) is 14.9 Å². The summed E-state index contributed by atoms with van der Waals surface area (Å²) in [6, 6.07) is 0. The van der Waals surface area contributed by atoms with Gasteiger partial charge in [0.1, 0.15) is 0 Å². The molecule has 5 N–H and O–H groups in total. The molecule has 1 aromatic heterocycles. The van der Waals surface area contributed by atoms with Gasteiger partial charge >= 0.3 is 0 Å². The molecular weight excluding hydrogens is 186 g/mol. The molecule has 0 saturated carbocycles. The first kappa shape index (κ1) is 10.5. The maximum Gasteiger partial charge on any atom is 0.287 e. The zero-order valence-corrected chi connectivity index (χ0v) is 7.69. The minimum atomic E-state index is -0.222. The van der Waals surface area contributed by atoms with Gasteiger partial charge in [-0.2, -0.15) is 0 Å². The van der Waals surface area contributed by atoms with Crippen molar-refractivity contribution in [1.82, 2.24) is 10.3 Å². The molecule has 14 heavy (non-hydrogen) atoms. The number of unbranched alkanes of at least 4 members (excludes halogenated alkanes) is 1. The highest BCUT2D eigenvalue weighted by Gasteiger charge is 2.13. The van der Waals surface area contributed by atoms with E-state index in [0.29, 0.717) is 13.2 Å². The summed E-state index contributed by atoms with van der Waals surface area (Å²) in [5.74, 6) is -0.0606. The van der Waals surface area contributed by atoms with Crippen molar-refractivity contribution in [3.8, 4) is 5.88 Å². The molecule has 0 amide bonds. The lowest BCUT2D eigenvalue weighted by Gasteiger charge is -2.01. The van der Waals surface area contributed by atoms with Crippen LogP contribution in [0.2, 0.25) is 0 Å². The summed E-state index contributed by atoms with van der Waals surface area (Å²) in [4.78, 5) is 0. The zero-order chi connectivity index (χ0) is 10.4. The van der Waals surface area contributed by atoms with Gasteiger partial charge in [0, 0.05) is 0 Å². The standard InChI is InChI=1S/C7H13N5O2/c8-3-1-2-4-13-7-5(6(9)10)11-14-12-7/h1-4,8H2,(H3,9,10). The maximum absolute atomic E-state index is 7.12. The normalized spacial score (nSPS) is 10.1. The van der Waals surface area contributed by atoms with Gasteiger partial charge in [0.15, 0.2) is 5.84 Å². The molecule has 0 fully saturated rings. The van der Waals surface area contributed by atoms with E-state index in [4.69, 9.17) is 21.6 Å². The molecule has 1 aromatic rings. The fourth-order valence-corrected chi connectivity index (χ4v) is 0.855. The van der Waals surface area contributed by atoms with Gasteiger partial charge in [0.05, 0.1) is 6.61 Å². The molecule has 7 heteroatoms. The van der Waals surface area contributed by atoms with Crippen LogP contribution < -0.4 is 16.2 Å².